The lowest BCUT2D eigenvalue weighted by Crippen LogP contribution is -2.35. The van der Waals surface area contributed by atoms with Crippen LogP contribution in [-0.2, 0) is 12.7 Å². The molecule has 0 fully saturated rings. The third kappa shape index (κ3) is 3.78. The van der Waals surface area contributed by atoms with E-state index in [-0.39, 0.29) is 18.3 Å². The van der Waals surface area contributed by atoms with Crippen LogP contribution in [0.1, 0.15) is 38.2 Å². The van der Waals surface area contributed by atoms with Crippen molar-refractivity contribution >= 4 is 17.6 Å². The summed E-state index contributed by atoms with van der Waals surface area (Å²) >= 11 is 5.74. The van der Waals surface area contributed by atoms with Gasteiger partial charge in [-0.25, -0.2) is 4.79 Å². The number of nitrogens with one attached hydrogen (secondary N) is 2. The van der Waals surface area contributed by atoms with Gasteiger partial charge in [-0.3, -0.25) is 4.68 Å². The minimum Gasteiger partial charge on any atom is -0.338 e. The number of hydrogen-bond acceptors (Lipinski definition) is 2. The second-order valence-corrected chi connectivity index (χ2v) is 4.74. The average Bonchev–Trinajstić information content (AvgIpc) is 2.64. The highest BCUT2D eigenvalue weighted by Gasteiger charge is 2.39. The second-order valence-electron chi connectivity index (χ2n) is 4.36. The molecule has 0 saturated carbocycles. The Hall–Kier alpha value is -1.44. The number of alkyl halides is 3. The number of carbonyl (C=O) groups excluding carboxylic acids is 1. The second kappa shape index (κ2) is 6.34. The lowest BCUT2D eigenvalue weighted by atomic mass is 10.3. The average molecular weight is 313 g/mol. The third-order valence-electron chi connectivity index (χ3n) is 2.46. The molecule has 114 valence electrons. The molecule has 0 radical (unpaired) electrons. The molecule has 0 bridgehead atoms. The normalized spacial score (nSPS) is 11.8. The summed E-state index contributed by atoms with van der Waals surface area (Å²) in [5, 5.41) is 7.92. The number of hydrogen-bond donors (Lipinski definition) is 2. The van der Waals surface area contributed by atoms with Crippen LogP contribution in [0.4, 0.5) is 18.0 Å². The summed E-state index contributed by atoms with van der Waals surface area (Å²) in [6.07, 6.45) is -4.63. The van der Waals surface area contributed by atoms with Crippen LogP contribution in [0.3, 0.4) is 0 Å². The molecule has 1 aromatic rings. The van der Waals surface area contributed by atoms with E-state index >= 15 is 0 Å². The van der Waals surface area contributed by atoms with Crippen LogP contribution in [0.15, 0.2) is 0 Å². The number of amides is 2. The van der Waals surface area contributed by atoms with Crippen LogP contribution in [0.5, 0.6) is 0 Å². The summed E-state index contributed by atoms with van der Waals surface area (Å²) in [4.78, 5) is 11.3. The predicted octanol–water partition coefficient (Wildman–Crippen LogP) is 2.96. The zero-order valence-corrected chi connectivity index (χ0v) is 12.1. The van der Waals surface area contributed by atoms with Crippen molar-refractivity contribution in [3.05, 3.63) is 16.4 Å². The topological polar surface area (TPSA) is 59.0 Å². The lowest BCUT2D eigenvalue weighted by Gasteiger charge is -2.12. The summed E-state index contributed by atoms with van der Waals surface area (Å²) in [5.41, 5.74) is -1.01. The molecule has 0 spiro atoms. The zero-order valence-electron chi connectivity index (χ0n) is 11.3. The molecule has 2 N–H and O–H groups in total. The van der Waals surface area contributed by atoms with E-state index in [1.807, 2.05) is 0 Å². The van der Waals surface area contributed by atoms with Crippen molar-refractivity contribution in [2.24, 2.45) is 0 Å². The minimum atomic E-state index is -4.63. The SMILES string of the molecule is CCNC(=O)NCc1c(Cl)c(C(F)(F)F)nn1C(C)C. The molecule has 5 nitrogen and oxygen atoms in total. The lowest BCUT2D eigenvalue weighted by molar-refractivity contribution is -0.141. The summed E-state index contributed by atoms with van der Waals surface area (Å²) in [6.45, 7) is 5.37. The van der Waals surface area contributed by atoms with Crippen molar-refractivity contribution in [3.63, 3.8) is 0 Å². The van der Waals surface area contributed by atoms with E-state index in [2.05, 4.69) is 15.7 Å². The van der Waals surface area contributed by atoms with Gasteiger partial charge in [0.1, 0.15) is 0 Å². The monoisotopic (exact) mass is 312 g/mol. The maximum Gasteiger partial charge on any atom is 0.436 e. The Labute approximate surface area is 119 Å². The molecule has 2 amide bonds. The third-order valence-corrected chi connectivity index (χ3v) is 2.85. The molecule has 0 saturated heterocycles. The van der Waals surface area contributed by atoms with Gasteiger partial charge in [0.25, 0.3) is 0 Å². The minimum absolute atomic E-state index is 0.125. The number of urea groups is 1. The Balaban J connectivity index is 3.04. The molecule has 20 heavy (non-hydrogen) atoms. The van der Waals surface area contributed by atoms with E-state index in [4.69, 9.17) is 11.6 Å². The number of carbonyl (C=O) groups is 1. The first-order valence-electron chi connectivity index (χ1n) is 6.04. The van der Waals surface area contributed by atoms with Crippen LogP contribution in [-0.4, -0.2) is 22.4 Å². The quantitative estimate of drug-likeness (QED) is 0.898. The Morgan fingerprint density at radius 1 is 1.40 bits per heavy atom. The molecule has 1 heterocycles. The van der Waals surface area contributed by atoms with Crippen LogP contribution in [0, 0.1) is 0 Å². The van der Waals surface area contributed by atoms with Gasteiger partial charge in [0.05, 0.1) is 17.3 Å². The van der Waals surface area contributed by atoms with Crippen LogP contribution in [0.2, 0.25) is 5.02 Å². The summed E-state index contributed by atoms with van der Waals surface area (Å²) in [7, 11) is 0. The fraction of sp³-hybridized carbons (Fsp3) is 0.636. The fourth-order valence-corrected chi connectivity index (χ4v) is 1.90. The Morgan fingerprint density at radius 2 is 2.00 bits per heavy atom. The molecule has 9 heteroatoms. The zero-order chi connectivity index (χ0) is 15.5. The molecular weight excluding hydrogens is 297 g/mol. The highest BCUT2D eigenvalue weighted by atomic mass is 35.5. The number of nitrogens with zero attached hydrogens (tertiary/aromatic N) is 2. The van der Waals surface area contributed by atoms with E-state index in [1.165, 1.54) is 0 Å². The Bertz CT molecular complexity index is 485. The van der Waals surface area contributed by atoms with Gasteiger partial charge in [-0.15, -0.1) is 0 Å². The van der Waals surface area contributed by atoms with E-state index in [0.29, 0.717) is 6.54 Å². The molecule has 1 aromatic heterocycles. The van der Waals surface area contributed by atoms with Crippen molar-refractivity contribution in [1.29, 1.82) is 0 Å². The van der Waals surface area contributed by atoms with E-state index in [1.54, 1.807) is 20.8 Å². The van der Waals surface area contributed by atoms with Crippen LogP contribution in [0.25, 0.3) is 0 Å². The van der Waals surface area contributed by atoms with Gasteiger partial charge in [-0.05, 0) is 20.8 Å². The van der Waals surface area contributed by atoms with E-state index in [9.17, 15) is 18.0 Å². The first-order valence-corrected chi connectivity index (χ1v) is 6.42. The highest BCUT2D eigenvalue weighted by molar-refractivity contribution is 6.32. The smallest absolute Gasteiger partial charge is 0.338 e. The van der Waals surface area contributed by atoms with Crippen molar-refractivity contribution < 1.29 is 18.0 Å². The fourth-order valence-electron chi connectivity index (χ4n) is 1.60. The first-order chi connectivity index (χ1) is 9.18. The van der Waals surface area contributed by atoms with Crippen LogP contribution < -0.4 is 10.6 Å². The molecule has 0 aliphatic rings. The maximum atomic E-state index is 12.8. The van der Waals surface area contributed by atoms with Gasteiger partial charge in [0.15, 0.2) is 5.69 Å². The van der Waals surface area contributed by atoms with Gasteiger partial charge in [0.2, 0.25) is 0 Å². The van der Waals surface area contributed by atoms with Gasteiger partial charge in [-0.2, -0.15) is 18.3 Å². The summed E-state index contributed by atoms with van der Waals surface area (Å²) in [5.74, 6) is 0. The Kier molecular flexibility index (Phi) is 5.27. The predicted molar refractivity (Wildman–Crippen MR) is 68.5 cm³/mol. The standard InChI is InChI=1S/C11H16ClF3N4O/c1-4-16-10(20)17-5-7-8(12)9(11(13,14)15)18-19(7)6(2)3/h6H,4-5H2,1-3H3,(H2,16,17,20). The van der Waals surface area contributed by atoms with Gasteiger partial charge in [-0.1, -0.05) is 11.6 Å². The molecule has 0 unspecified atom stereocenters. The van der Waals surface area contributed by atoms with Gasteiger partial charge < -0.3 is 10.6 Å². The van der Waals surface area contributed by atoms with E-state index in [0.717, 1.165) is 4.68 Å². The van der Waals surface area contributed by atoms with E-state index < -0.39 is 22.9 Å². The van der Waals surface area contributed by atoms with Gasteiger partial charge in [0, 0.05) is 12.6 Å². The molecule has 0 aliphatic heterocycles. The number of aromatic nitrogens is 2. The first kappa shape index (κ1) is 16.6. The summed E-state index contributed by atoms with van der Waals surface area (Å²) in [6, 6.07) is -0.789. The Morgan fingerprint density at radius 3 is 2.45 bits per heavy atom. The molecule has 0 atom stereocenters. The maximum absolute atomic E-state index is 12.8. The van der Waals surface area contributed by atoms with Crippen molar-refractivity contribution in [1.82, 2.24) is 20.4 Å². The summed E-state index contributed by atoms with van der Waals surface area (Å²) < 4.78 is 39.5. The van der Waals surface area contributed by atoms with Crippen molar-refractivity contribution in [2.45, 2.75) is 39.5 Å². The molecular formula is C11H16ClF3N4O. The number of rotatable bonds is 4. The van der Waals surface area contributed by atoms with Gasteiger partial charge >= 0.3 is 12.2 Å². The van der Waals surface area contributed by atoms with Crippen molar-refractivity contribution in [3.8, 4) is 0 Å². The van der Waals surface area contributed by atoms with Crippen LogP contribution >= 0.6 is 11.6 Å². The number of halogens is 4. The molecule has 0 aromatic carbocycles. The molecule has 1 rings (SSSR count). The largest absolute Gasteiger partial charge is 0.436 e. The highest BCUT2D eigenvalue weighted by Crippen LogP contribution is 2.36. The van der Waals surface area contributed by atoms with Crippen molar-refractivity contribution in [2.75, 3.05) is 6.54 Å². The molecule has 0 aliphatic carbocycles.